The first kappa shape index (κ1) is 21.5. The van der Waals surface area contributed by atoms with Gasteiger partial charge < -0.3 is 15.1 Å². The summed E-state index contributed by atoms with van der Waals surface area (Å²) in [5, 5.41) is 22.1. The maximum atomic E-state index is 13.6. The summed E-state index contributed by atoms with van der Waals surface area (Å²) in [5.74, 6) is -0.103. The van der Waals surface area contributed by atoms with Crippen molar-refractivity contribution in [3.05, 3.63) is 71.8 Å². The normalized spacial score (nSPS) is 18.8. The first-order valence-electron chi connectivity index (χ1n) is 10.4. The lowest BCUT2D eigenvalue weighted by Gasteiger charge is -2.38. The Morgan fingerprint density at radius 3 is 2.03 bits per heavy atom. The molecular weight excluding hydrogens is 364 g/mol. The predicted octanol–water partition coefficient (Wildman–Crippen LogP) is 2.82. The van der Waals surface area contributed by atoms with Crippen LogP contribution in [0.15, 0.2) is 60.7 Å². The number of hydrogen-bond donors (Lipinski definition) is 2. The fourth-order valence-electron chi connectivity index (χ4n) is 4.27. The minimum absolute atomic E-state index is 0.0252. The van der Waals surface area contributed by atoms with Crippen molar-refractivity contribution in [3.8, 4) is 0 Å². The number of likely N-dealkylation sites (tertiary alicyclic amines) is 1. The molecule has 1 aliphatic heterocycles. The molecule has 5 heteroatoms. The zero-order valence-electron chi connectivity index (χ0n) is 17.5. The molecule has 2 atom stereocenters. The second-order valence-electron chi connectivity index (χ2n) is 8.30. The van der Waals surface area contributed by atoms with E-state index in [1.807, 2.05) is 36.4 Å². The van der Waals surface area contributed by atoms with E-state index in [-0.39, 0.29) is 17.9 Å². The number of amides is 1. The number of hydrogen-bond acceptors (Lipinski definition) is 4. The molecule has 0 saturated carbocycles. The maximum Gasteiger partial charge on any atom is 0.263 e. The lowest BCUT2D eigenvalue weighted by atomic mass is 9.85. The Hall–Kier alpha value is -2.21. The molecule has 1 fully saturated rings. The highest BCUT2D eigenvalue weighted by Crippen LogP contribution is 2.32. The van der Waals surface area contributed by atoms with Gasteiger partial charge in [0, 0.05) is 26.2 Å². The molecule has 1 saturated heterocycles. The highest BCUT2D eigenvalue weighted by Gasteiger charge is 2.43. The minimum Gasteiger partial charge on any atom is -0.378 e. The summed E-state index contributed by atoms with van der Waals surface area (Å²) in [6.45, 7) is 5.48. The van der Waals surface area contributed by atoms with E-state index in [1.54, 1.807) is 36.2 Å². The van der Waals surface area contributed by atoms with E-state index >= 15 is 0 Å². The Balaban J connectivity index is 1.91. The number of aliphatic hydroxyl groups excluding tert-OH is 1. The highest BCUT2D eigenvalue weighted by atomic mass is 16.3. The molecule has 5 nitrogen and oxygen atoms in total. The molecule has 0 radical (unpaired) electrons. The van der Waals surface area contributed by atoms with Crippen LogP contribution in [0.4, 0.5) is 0 Å². The molecule has 0 aromatic heterocycles. The van der Waals surface area contributed by atoms with Crippen molar-refractivity contribution in [3.63, 3.8) is 0 Å². The number of likely N-dealkylation sites (N-methyl/N-ethyl adjacent to an activating group) is 1. The molecular formula is C24H32N2O3. The molecule has 0 spiro atoms. The van der Waals surface area contributed by atoms with Crippen molar-refractivity contribution < 1.29 is 15.0 Å². The van der Waals surface area contributed by atoms with Gasteiger partial charge in [-0.05, 0) is 29.9 Å². The van der Waals surface area contributed by atoms with Gasteiger partial charge in [0.25, 0.3) is 5.91 Å². The third-order valence-electron chi connectivity index (χ3n) is 5.96. The Labute approximate surface area is 173 Å². The Kier molecular flexibility index (Phi) is 6.73. The van der Waals surface area contributed by atoms with E-state index in [4.69, 9.17) is 0 Å². The highest BCUT2D eigenvalue weighted by molar-refractivity contribution is 5.90. The van der Waals surface area contributed by atoms with Crippen molar-refractivity contribution in [2.24, 2.45) is 5.92 Å². The number of aliphatic hydroxyl groups is 2. The second kappa shape index (κ2) is 9.08. The van der Waals surface area contributed by atoms with Crippen LogP contribution in [-0.2, 0) is 10.4 Å². The van der Waals surface area contributed by atoms with Gasteiger partial charge in [0.1, 0.15) is 6.23 Å². The third-order valence-corrected chi connectivity index (χ3v) is 5.96. The SMILES string of the molecule is CC(C)C(CN(C)C(=O)C(O)(c1ccccc1)c1ccccc1)N1CCCC1O. The van der Waals surface area contributed by atoms with E-state index < -0.39 is 11.8 Å². The van der Waals surface area contributed by atoms with Crippen LogP contribution in [0.25, 0.3) is 0 Å². The van der Waals surface area contributed by atoms with Crippen LogP contribution in [-0.4, -0.2) is 58.3 Å². The summed E-state index contributed by atoms with van der Waals surface area (Å²) in [6.07, 6.45) is 1.26. The van der Waals surface area contributed by atoms with Gasteiger partial charge in [0.05, 0.1) is 0 Å². The second-order valence-corrected chi connectivity index (χ2v) is 8.30. The van der Waals surface area contributed by atoms with Gasteiger partial charge in [-0.1, -0.05) is 74.5 Å². The summed E-state index contributed by atoms with van der Waals surface area (Å²) in [5.41, 5.74) is -0.668. The molecule has 2 unspecified atom stereocenters. The molecule has 0 aliphatic carbocycles. The molecule has 2 aromatic rings. The molecule has 1 aliphatic rings. The van der Waals surface area contributed by atoms with E-state index in [0.29, 0.717) is 17.7 Å². The van der Waals surface area contributed by atoms with E-state index in [9.17, 15) is 15.0 Å². The zero-order chi connectivity index (χ0) is 21.0. The predicted molar refractivity (Wildman–Crippen MR) is 114 cm³/mol. The van der Waals surface area contributed by atoms with Crippen LogP contribution >= 0.6 is 0 Å². The molecule has 2 N–H and O–H groups in total. The van der Waals surface area contributed by atoms with Crippen molar-refractivity contribution in [1.29, 1.82) is 0 Å². The van der Waals surface area contributed by atoms with Gasteiger partial charge in [-0.25, -0.2) is 0 Å². The van der Waals surface area contributed by atoms with Gasteiger partial charge in [0.2, 0.25) is 0 Å². The standard InChI is InChI=1S/C24H32N2O3/c1-18(2)21(26-16-10-15-22(26)27)17-25(3)23(28)24(29,19-11-6-4-7-12-19)20-13-8-5-9-14-20/h4-9,11-14,18,21-22,27,29H,10,15-17H2,1-3H3. The average Bonchev–Trinajstić information content (AvgIpc) is 3.17. The molecule has 29 heavy (non-hydrogen) atoms. The van der Waals surface area contributed by atoms with Crippen LogP contribution in [0, 0.1) is 5.92 Å². The van der Waals surface area contributed by atoms with Crippen LogP contribution in [0.1, 0.15) is 37.8 Å². The molecule has 3 rings (SSSR count). The largest absolute Gasteiger partial charge is 0.378 e. The zero-order valence-corrected chi connectivity index (χ0v) is 17.5. The van der Waals surface area contributed by atoms with Crippen LogP contribution in [0.2, 0.25) is 0 Å². The van der Waals surface area contributed by atoms with E-state index in [1.165, 1.54) is 0 Å². The van der Waals surface area contributed by atoms with Gasteiger partial charge >= 0.3 is 0 Å². The van der Waals surface area contributed by atoms with Crippen molar-refractivity contribution in [2.75, 3.05) is 20.1 Å². The number of benzene rings is 2. The summed E-state index contributed by atoms with van der Waals surface area (Å²) < 4.78 is 0. The minimum atomic E-state index is -1.76. The maximum absolute atomic E-state index is 13.6. The fraction of sp³-hybridized carbons (Fsp3) is 0.458. The summed E-state index contributed by atoms with van der Waals surface area (Å²) in [7, 11) is 1.73. The quantitative estimate of drug-likeness (QED) is 0.755. The number of carbonyl (C=O) groups is 1. The Morgan fingerprint density at radius 2 is 1.62 bits per heavy atom. The van der Waals surface area contributed by atoms with Gasteiger partial charge in [-0.2, -0.15) is 0 Å². The first-order valence-corrected chi connectivity index (χ1v) is 10.4. The lowest BCUT2D eigenvalue weighted by Crippen LogP contribution is -2.53. The van der Waals surface area contributed by atoms with Crippen LogP contribution in [0.3, 0.4) is 0 Å². The summed E-state index contributed by atoms with van der Waals surface area (Å²) in [6, 6.07) is 18.2. The van der Waals surface area contributed by atoms with Crippen LogP contribution < -0.4 is 0 Å². The fourth-order valence-corrected chi connectivity index (χ4v) is 4.27. The molecule has 156 valence electrons. The summed E-state index contributed by atoms with van der Waals surface area (Å²) >= 11 is 0. The smallest absolute Gasteiger partial charge is 0.263 e. The lowest BCUT2D eigenvalue weighted by molar-refractivity contribution is -0.148. The van der Waals surface area contributed by atoms with E-state index in [2.05, 4.69) is 18.7 Å². The topological polar surface area (TPSA) is 64.0 Å². The van der Waals surface area contributed by atoms with Crippen molar-refractivity contribution >= 4 is 5.91 Å². The molecule has 1 heterocycles. The Morgan fingerprint density at radius 1 is 1.10 bits per heavy atom. The summed E-state index contributed by atoms with van der Waals surface area (Å²) in [4.78, 5) is 17.3. The molecule has 0 bridgehead atoms. The third kappa shape index (κ3) is 4.37. The van der Waals surface area contributed by atoms with Gasteiger partial charge in [-0.3, -0.25) is 9.69 Å². The number of nitrogens with zero attached hydrogens (tertiary/aromatic N) is 2. The number of rotatable bonds is 7. The number of carbonyl (C=O) groups excluding carboxylic acids is 1. The molecule has 2 aromatic carbocycles. The van der Waals surface area contributed by atoms with Gasteiger partial charge in [0.15, 0.2) is 5.60 Å². The van der Waals surface area contributed by atoms with Crippen LogP contribution in [0.5, 0.6) is 0 Å². The molecule has 1 amide bonds. The van der Waals surface area contributed by atoms with E-state index in [0.717, 1.165) is 19.4 Å². The van der Waals surface area contributed by atoms with Crippen molar-refractivity contribution in [2.45, 2.75) is 44.6 Å². The first-order chi connectivity index (χ1) is 13.9. The Bertz CT molecular complexity index is 755. The van der Waals surface area contributed by atoms with Crippen molar-refractivity contribution in [1.82, 2.24) is 9.80 Å². The average molecular weight is 397 g/mol. The monoisotopic (exact) mass is 396 g/mol. The van der Waals surface area contributed by atoms with Gasteiger partial charge in [-0.15, -0.1) is 0 Å².